The third kappa shape index (κ3) is 5.28. The minimum Gasteiger partial charge on any atom is -0.488 e. The van der Waals surface area contributed by atoms with Gasteiger partial charge in [0.1, 0.15) is 11.9 Å². The Morgan fingerprint density at radius 1 is 1.03 bits per heavy atom. The van der Waals surface area contributed by atoms with Crippen LogP contribution in [0, 0.1) is 0 Å². The molecular weight excluding hydrogens is 364 g/mol. The summed E-state index contributed by atoms with van der Waals surface area (Å²) in [6.07, 6.45) is 1.07. The van der Waals surface area contributed by atoms with Crippen LogP contribution in [0.3, 0.4) is 0 Å². The first-order valence-electron chi connectivity index (χ1n) is 10.4. The van der Waals surface area contributed by atoms with Gasteiger partial charge in [-0.3, -0.25) is 9.89 Å². The fraction of sp³-hybridized carbons (Fsp3) is 0.435. The van der Waals surface area contributed by atoms with Crippen LogP contribution in [0.1, 0.15) is 16.7 Å². The summed E-state index contributed by atoms with van der Waals surface area (Å²) in [5.74, 6) is 1.80. The number of hydrogen-bond acceptors (Lipinski definition) is 4. The Kier molecular flexibility index (Phi) is 6.64. The maximum Gasteiger partial charge on any atom is 0.191 e. The Morgan fingerprint density at radius 3 is 2.59 bits per heavy atom. The molecule has 0 saturated carbocycles. The Balaban J connectivity index is 1.28. The summed E-state index contributed by atoms with van der Waals surface area (Å²) in [6.45, 7) is 6.06. The molecule has 2 aromatic carbocycles. The average molecular weight is 395 g/mol. The second-order valence-corrected chi connectivity index (χ2v) is 7.52. The fourth-order valence-electron chi connectivity index (χ4n) is 3.86. The van der Waals surface area contributed by atoms with Crippen LogP contribution in [0.15, 0.2) is 53.5 Å². The maximum atomic E-state index is 6.01. The topological polar surface area (TPSA) is 58.1 Å². The molecule has 0 spiro atoms. The van der Waals surface area contributed by atoms with E-state index in [0.29, 0.717) is 0 Å². The van der Waals surface area contributed by atoms with Gasteiger partial charge in [0.2, 0.25) is 0 Å². The Bertz CT molecular complexity index is 808. The van der Waals surface area contributed by atoms with Crippen LogP contribution in [0.25, 0.3) is 0 Å². The van der Waals surface area contributed by atoms with E-state index in [1.54, 1.807) is 7.05 Å². The highest BCUT2D eigenvalue weighted by Crippen LogP contribution is 2.27. The van der Waals surface area contributed by atoms with Gasteiger partial charge in [-0.15, -0.1) is 0 Å². The van der Waals surface area contributed by atoms with E-state index in [9.17, 15) is 0 Å². The SMILES string of the molecule is CN=C(NCc1ccccc1CN1CCOCC1)NCC1Cc2ccccc2O1. The zero-order chi connectivity index (χ0) is 19.9. The molecule has 29 heavy (non-hydrogen) atoms. The van der Waals surface area contributed by atoms with Gasteiger partial charge < -0.3 is 20.1 Å². The number of nitrogens with zero attached hydrogens (tertiary/aromatic N) is 2. The maximum absolute atomic E-state index is 6.01. The number of aliphatic imine (C=N–C) groups is 1. The summed E-state index contributed by atoms with van der Waals surface area (Å²) in [6, 6.07) is 16.9. The quantitative estimate of drug-likeness (QED) is 0.581. The first-order chi connectivity index (χ1) is 14.3. The molecule has 6 heteroatoms. The number of benzene rings is 2. The van der Waals surface area contributed by atoms with Crippen molar-refractivity contribution < 1.29 is 9.47 Å². The standard InChI is InChI=1S/C23H30N4O2/c1-24-23(26-16-21-14-18-6-4-5-9-22(18)29-21)25-15-19-7-2-3-8-20(19)17-27-10-12-28-13-11-27/h2-9,21H,10-17H2,1H3,(H2,24,25,26). The van der Waals surface area contributed by atoms with E-state index in [2.05, 4.69) is 56.9 Å². The molecule has 0 radical (unpaired) electrons. The molecule has 2 heterocycles. The number of fused-ring (bicyclic) bond motifs is 1. The highest BCUT2D eigenvalue weighted by atomic mass is 16.5. The zero-order valence-corrected chi connectivity index (χ0v) is 17.1. The van der Waals surface area contributed by atoms with Crippen LogP contribution in [0.2, 0.25) is 0 Å². The lowest BCUT2D eigenvalue weighted by Crippen LogP contribution is -2.42. The van der Waals surface area contributed by atoms with Crippen LogP contribution in [-0.4, -0.2) is 56.9 Å². The zero-order valence-electron chi connectivity index (χ0n) is 17.1. The molecule has 6 nitrogen and oxygen atoms in total. The largest absolute Gasteiger partial charge is 0.488 e. The summed E-state index contributed by atoms with van der Waals surface area (Å²) < 4.78 is 11.5. The van der Waals surface area contributed by atoms with Crippen molar-refractivity contribution in [2.45, 2.75) is 25.6 Å². The number of morpholine rings is 1. The van der Waals surface area contributed by atoms with E-state index >= 15 is 0 Å². The van der Waals surface area contributed by atoms with Gasteiger partial charge in [-0.05, 0) is 22.8 Å². The smallest absolute Gasteiger partial charge is 0.191 e. The second kappa shape index (κ2) is 9.76. The number of hydrogen-bond donors (Lipinski definition) is 2. The predicted octanol–water partition coefficient (Wildman–Crippen LogP) is 2.19. The van der Waals surface area contributed by atoms with E-state index in [-0.39, 0.29) is 6.10 Å². The molecule has 2 N–H and O–H groups in total. The fourth-order valence-corrected chi connectivity index (χ4v) is 3.86. The number of guanidine groups is 1. The van der Waals surface area contributed by atoms with Gasteiger partial charge in [0.15, 0.2) is 5.96 Å². The van der Waals surface area contributed by atoms with Crippen LogP contribution < -0.4 is 15.4 Å². The molecule has 2 aliphatic rings. The molecule has 0 aliphatic carbocycles. The summed E-state index contributed by atoms with van der Waals surface area (Å²) in [5.41, 5.74) is 3.93. The Labute approximate surface area is 172 Å². The van der Waals surface area contributed by atoms with Gasteiger partial charge in [0, 0.05) is 39.6 Å². The minimum atomic E-state index is 0.138. The average Bonchev–Trinajstić information content (AvgIpc) is 3.18. The van der Waals surface area contributed by atoms with E-state index in [1.807, 2.05) is 12.1 Å². The third-order valence-electron chi connectivity index (χ3n) is 5.50. The highest BCUT2D eigenvalue weighted by molar-refractivity contribution is 5.79. The summed E-state index contributed by atoms with van der Waals surface area (Å²) in [5, 5.41) is 6.85. The van der Waals surface area contributed by atoms with Gasteiger partial charge in [-0.25, -0.2) is 0 Å². The molecule has 0 aromatic heterocycles. The molecule has 1 unspecified atom stereocenters. The lowest BCUT2D eigenvalue weighted by atomic mass is 10.1. The van der Waals surface area contributed by atoms with Gasteiger partial charge >= 0.3 is 0 Å². The lowest BCUT2D eigenvalue weighted by Gasteiger charge is -2.27. The highest BCUT2D eigenvalue weighted by Gasteiger charge is 2.22. The van der Waals surface area contributed by atoms with Crippen molar-refractivity contribution in [3.8, 4) is 5.75 Å². The van der Waals surface area contributed by atoms with Crippen molar-refractivity contribution in [2.24, 2.45) is 4.99 Å². The summed E-state index contributed by atoms with van der Waals surface area (Å²) in [7, 11) is 1.80. The molecule has 2 aliphatic heterocycles. The van der Waals surface area contributed by atoms with Gasteiger partial charge in [0.05, 0.1) is 19.8 Å². The molecule has 1 fully saturated rings. The molecule has 1 saturated heterocycles. The van der Waals surface area contributed by atoms with Gasteiger partial charge in [-0.1, -0.05) is 42.5 Å². The van der Waals surface area contributed by atoms with E-state index < -0.39 is 0 Å². The molecule has 1 atom stereocenters. The lowest BCUT2D eigenvalue weighted by molar-refractivity contribution is 0.0341. The molecule has 2 aromatic rings. The van der Waals surface area contributed by atoms with Crippen molar-refractivity contribution in [1.82, 2.24) is 15.5 Å². The van der Waals surface area contributed by atoms with Crippen LogP contribution >= 0.6 is 0 Å². The molecule has 0 bridgehead atoms. The molecule has 4 rings (SSSR count). The Morgan fingerprint density at radius 2 is 1.79 bits per heavy atom. The number of ether oxygens (including phenoxy) is 2. The molecule has 154 valence electrons. The van der Waals surface area contributed by atoms with Crippen molar-refractivity contribution in [1.29, 1.82) is 0 Å². The Hall–Kier alpha value is -2.57. The van der Waals surface area contributed by atoms with Gasteiger partial charge in [-0.2, -0.15) is 0 Å². The van der Waals surface area contributed by atoms with E-state index in [0.717, 1.165) is 64.1 Å². The molecular formula is C23H30N4O2. The van der Waals surface area contributed by atoms with Crippen molar-refractivity contribution in [3.05, 3.63) is 65.2 Å². The first-order valence-corrected chi connectivity index (χ1v) is 10.4. The number of para-hydroxylation sites is 1. The van der Waals surface area contributed by atoms with Crippen LogP contribution in [0.5, 0.6) is 5.75 Å². The van der Waals surface area contributed by atoms with E-state index in [4.69, 9.17) is 9.47 Å². The monoisotopic (exact) mass is 394 g/mol. The predicted molar refractivity (Wildman–Crippen MR) is 115 cm³/mol. The van der Waals surface area contributed by atoms with Crippen LogP contribution in [-0.2, 0) is 24.2 Å². The van der Waals surface area contributed by atoms with E-state index in [1.165, 1.54) is 16.7 Å². The first kappa shape index (κ1) is 19.7. The number of nitrogens with one attached hydrogen (secondary N) is 2. The van der Waals surface area contributed by atoms with Crippen LogP contribution in [0.4, 0.5) is 0 Å². The number of rotatable bonds is 6. The molecule has 0 amide bonds. The summed E-state index contributed by atoms with van der Waals surface area (Å²) >= 11 is 0. The normalized spacial score (nSPS) is 19.5. The van der Waals surface area contributed by atoms with Gasteiger partial charge in [0.25, 0.3) is 0 Å². The van der Waals surface area contributed by atoms with Crippen molar-refractivity contribution in [2.75, 3.05) is 39.9 Å². The third-order valence-corrected chi connectivity index (χ3v) is 5.50. The second-order valence-electron chi connectivity index (χ2n) is 7.52. The van der Waals surface area contributed by atoms with Crippen molar-refractivity contribution >= 4 is 5.96 Å². The summed E-state index contributed by atoms with van der Waals surface area (Å²) in [4.78, 5) is 6.82. The minimum absolute atomic E-state index is 0.138. The van der Waals surface area contributed by atoms with Crippen molar-refractivity contribution in [3.63, 3.8) is 0 Å².